The molecule has 0 bridgehead atoms. The van der Waals surface area contributed by atoms with E-state index in [1.54, 1.807) is 13.1 Å². The van der Waals surface area contributed by atoms with Crippen molar-refractivity contribution in [2.75, 3.05) is 6.54 Å². The van der Waals surface area contributed by atoms with Gasteiger partial charge in [-0.3, -0.25) is 23.6 Å². The third kappa shape index (κ3) is 3.34. The van der Waals surface area contributed by atoms with Crippen LogP contribution in [0.3, 0.4) is 0 Å². The fourth-order valence-electron chi connectivity index (χ4n) is 3.16. The van der Waals surface area contributed by atoms with Gasteiger partial charge >= 0.3 is 5.69 Å². The average molecular weight is 345 g/mol. The summed E-state index contributed by atoms with van der Waals surface area (Å²) in [5.41, 5.74) is 1.84. The third-order valence-corrected chi connectivity index (χ3v) is 4.67. The summed E-state index contributed by atoms with van der Waals surface area (Å²) < 4.78 is 4.11. The van der Waals surface area contributed by atoms with Crippen LogP contribution in [0.4, 0.5) is 0 Å². The maximum Gasteiger partial charge on any atom is 0.330 e. The first-order valence-electron chi connectivity index (χ1n) is 8.49. The Hall–Kier alpha value is -2.48. The molecule has 0 saturated carbocycles. The Morgan fingerprint density at radius 2 is 1.84 bits per heavy atom. The third-order valence-electron chi connectivity index (χ3n) is 4.67. The summed E-state index contributed by atoms with van der Waals surface area (Å²) in [6.07, 6.45) is 1.62. The summed E-state index contributed by atoms with van der Waals surface area (Å²) >= 11 is 0. The molecular weight excluding hydrogens is 322 g/mol. The monoisotopic (exact) mass is 345 g/mol. The number of nitrogens with zero attached hydrogens (tertiary/aromatic N) is 5. The van der Waals surface area contributed by atoms with Gasteiger partial charge in [0.05, 0.1) is 5.69 Å². The topological polar surface area (TPSA) is 82.1 Å². The predicted molar refractivity (Wildman–Crippen MR) is 93.5 cm³/mol. The molecule has 0 radical (unpaired) electrons. The summed E-state index contributed by atoms with van der Waals surface area (Å²) in [6, 6.07) is 3.15. The van der Waals surface area contributed by atoms with E-state index in [0.717, 1.165) is 35.2 Å². The molecule has 0 N–H and O–H groups in total. The lowest BCUT2D eigenvalue weighted by molar-refractivity contribution is 0.234. The van der Waals surface area contributed by atoms with E-state index in [1.807, 2.05) is 6.92 Å². The Kier molecular flexibility index (Phi) is 4.71. The Labute approximate surface area is 144 Å². The van der Waals surface area contributed by atoms with E-state index < -0.39 is 0 Å². The second-order valence-electron chi connectivity index (χ2n) is 6.51. The van der Waals surface area contributed by atoms with Crippen LogP contribution < -0.4 is 16.8 Å². The lowest BCUT2D eigenvalue weighted by Gasteiger charge is -2.28. The van der Waals surface area contributed by atoms with Crippen molar-refractivity contribution in [3.8, 4) is 0 Å². The molecule has 0 unspecified atom stereocenters. The molecule has 134 valence electrons. The first-order valence-corrected chi connectivity index (χ1v) is 8.49. The average Bonchev–Trinajstić information content (AvgIpc) is 2.59. The van der Waals surface area contributed by atoms with Crippen LogP contribution in [-0.2, 0) is 40.2 Å². The van der Waals surface area contributed by atoms with Gasteiger partial charge in [0.25, 0.3) is 11.1 Å². The highest BCUT2D eigenvalue weighted by Gasteiger charge is 2.20. The summed E-state index contributed by atoms with van der Waals surface area (Å²) in [5, 5.41) is 4.47. The van der Waals surface area contributed by atoms with Crippen molar-refractivity contribution in [3.05, 3.63) is 60.3 Å². The lowest BCUT2D eigenvalue weighted by Crippen LogP contribution is -2.40. The van der Waals surface area contributed by atoms with Crippen molar-refractivity contribution >= 4 is 0 Å². The van der Waals surface area contributed by atoms with Crippen molar-refractivity contribution in [1.82, 2.24) is 23.8 Å². The van der Waals surface area contributed by atoms with Crippen LogP contribution in [0.5, 0.6) is 0 Å². The first-order chi connectivity index (χ1) is 11.9. The maximum absolute atomic E-state index is 12.1. The van der Waals surface area contributed by atoms with E-state index in [0.29, 0.717) is 25.3 Å². The van der Waals surface area contributed by atoms with Crippen LogP contribution in [0.25, 0.3) is 0 Å². The molecule has 0 atom stereocenters. The molecule has 1 aliphatic rings. The van der Waals surface area contributed by atoms with Crippen LogP contribution in [0.1, 0.15) is 30.3 Å². The molecule has 0 amide bonds. The van der Waals surface area contributed by atoms with Gasteiger partial charge in [-0.2, -0.15) is 5.10 Å². The Balaban J connectivity index is 1.85. The van der Waals surface area contributed by atoms with E-state index in [9.17, 15) is 14.4 Å². The molecule has 8 heteroatoms. The van der Waals surface area contributed by atoms with Gasteiger partial charge in [0.1, 0.15) is 0 Å². The second-order valence-corrected chi connectivity index (χ2v) is 6.51. The van der Waals surface area contributed by atoms with Gasteiger partial charge < -0.3 is 0 Å². The number of hydrogen-bond donors (Lipinski definition) is 0. The van der Waals surface area contributed by atoms with E-state index in [2.05, 4.69) is 10.00 Å². The van der Waals surface area contributed by atoms with Crippen LogP contribution in [0.15, 0.2) is 26.5 Å². The van der Waals surface area contributed by atoms with E-state index in [4.69, 9.17) is 0 Å². The molecule has 0 aromatic carbocycles. The number of hydrogen-bond acceptors (Lipinski definition) is 5. The molecule has 0 aliphatic carbocycles. The van der Waals surface area contributed by atoms with Crippen LogP contribution >= 0.6 is 0 Å². The van der Waals surface area contributed by atoms with Crippen molar-refractivity contribution in [2.24, 2.45) is 14.1 Å². The molecular formula is C17H23N5O3. The Morgan fingerprint density at radius 1 is 1.08 bits per heavy atom. The first kappa shape index (κ1) is 17.3. The van der Waals surface area contributed by atoms with Gasteiger partial charge in [-0.05, 0) is 12.0 Å². The van der Waals surface area contributed by atoms with Gasteiger partial charge in [0.2, 0.25) is 0 Å². The second kappa shape index (κ2) is 6.79. The van der Waals surface area contributed by atoms with E-state index in [1.165, 1.54) is 22.4 Å². The number of rotatable bonds is 4. The highest BCUT2D eigenvalue weighted by Crippen LogP contribution is 2.16. The van der Waals surface area contributed by atoms with Crippen LogP contribution in [0.2, 0.25) is 0 Å². The molecule has 2 aromatic rings. The van der Waals surface area contributed by atoms with E-state index in [-0.39, 0.29) is 16.8 Å². The maximum atomic E-state index is 12.1. The highest BCUT2D eigenvalue weighted by molar-refractivity contribution is 5.21. The smallest absolute Gasteiger partial charge is 0.299 e. The molecule has 8 nitrogen and oxygen atoms in total. The van der Waals surface area contributed by atoms with Crippen molar-refractivity contribution in [3.63, 3.8) is 0 Å². The molecule has 2 aromatic heterocycles. The van der Waals surface area contributed by atoms with Gasteiger partial charge in [0, 0.05) is 64.5 Å². The lowest BCUT2D eigenvalue weighted by atomic mass is 10.1. The molecule has 1 aliphatic heterocycles. The largest absolute Gasteiger partial charge is 0.330 e. The quantitative estimate of drug-likeness (QED) is 0.754. The summed E-state index contributed by atoms with van der Waals surface area (Å²) in [5.74, 6) is 0. The zero-order valence-corrected chi connectivity index (χ0v) is 14.9. The SMILES string of the molecule is CCCn1nc2c(cc1=O)CN(Cc1cc(=O)n(C)c(=O)n1C)CC2. The van der Waals surface area contributed by atoms with Gasteiger partial charge in [-0.15, -0.1) is 0 Å². The summed E-state index contributed by atoms with van der Waals surface area (Å²) in [7, 11) is 3.14. The molecule has 0 spiro atoms. The summed E-state index contributed by atoms with van der Waals surface area (Å²) in [6.45, 7) is 4.50. The zero-order valence-electron chi connectivity index (χ0n) is 14.9. The molecule has 0 fully saturated rings. The zero-order chi connectivity index (χ0) is 18.1. The minimum Gasteiger partial charge on any atom is -0.299 e. The minimum atomic E-state index is -0.330. The van der Waals surface area contributed by atoms with E-state index >= 15 is 0 Å². The van der Waals surface area contributed by atoms with Crippen LogP contribution in [-0.4, -0.2) is 30.4 Å². The predicted octanol–water partition coefficient (Wildman–Crippen LogP) is -0.391. The number of aryl methyl sites for hydroxylation is 1. The van der Waals surface area contributed by atoms with Crippen molar-refractivity contribution < 1.29 is 0 Å². The van der Waals surface area contributed by atoms with Gasteiger partial charge in [-0.25, -0.2) is 9.48 Å². The Morgan fingerprint density at radius 3 is 2.56 bits per heavy atom. The fraction of sp³-hybridized carbons (Fsp3) is 0.529. The molecule has 3 heterocycles. The number of fused-ring (bicyclic) bond motifs is 1. The minimum absolute atomic E-state index is 0.0802. The molecule has 3 rings (SSSR count). The van der Waals surface area contributed by atoms with Crippen molar-refractivity contribution in [1.29, 1.82) is 0 Å². The fourth-order valence-corrected chi connectivity index (χ4v) is 3.16. The Bertz CT molecular complexity index is 970. The van der Waals surface area contributed by atoms with Crippen LogP contribution in [0, 0.1) is 0 Å². The van der Waals surface area contributed by atoms with Crippen molar-refractivity contribution in [2.45, 2.75) is 39.4 Å². The standard InChI is InChI=1S/C17H23N5O3/c1-4-6-22-16(24)8-12-10-21(7-5-14(12)18-22)11-13-9-15(23)20(3)17(25)19(13)2/h8-9H,4-7,10-11H2,1-3H3. The molecule has 0 saturated heterocycles. The summed E-state index contributed by atoms with van der Waals surface area (Å²) in [4.78, 5) is 38.2. The highest BCUT2D eigenvalue weighted by atomic mass is 16.2. The normalized spacial score (nSPS) is 14.5. The molecule has 25 heavy (non-hydrogen) atoms. The number of aromatic nitrogens is 4. The van der Waals surface area contributed by atoms with Gasteiger partial charge in [-0.1, -0.05) is 6.92 Å². The van der Waals surface area contributed by atoms with Gasteiger partial charge in [0.15, 0.2) is 0 Å².